The van der Waals surface area contributed by atoms with Gasteiger partial charge in [0.05, 0.1) is 11.0 Å². The molecule has 0 saturated carbocycles. The summed E-state index contributed by atoms with van der Waals surface area (Å²) in [4.78, 5) is 2.36. The van der Waals surface area contributed by atoms with Crippen molar-refractivity contribution < 1.29 is 0 Å². The summed E-state index contributed by atoms with van der Waals surface area (Å²) in [6.45, 7) is 0. The highest BCUT2D eigenvalue weighted by Gasteiger charge is 2.20. The Morgan fingerprint density at radius 2 is 0.725 bits per heavy atom. The molecule has 2 heterocycles. The Hall–Kier alpha value is -8.76. The van der Waals surface area contributed by atoms with E-state index < -0.39 is 0 Å². The summed E-state index contributed by atoms with van der Waals surface area (Å²) >= 11 is 1.88. The first kappa shape index (κ1) is 40.5. The van der Waals surface area contributed by atoms with Crippen LogP contribution in [0.5, 0.6) is 0 Å². The zero-order chi connectivity index (χ0) is 45.7. The van der Waals surface area contributed by atoms with Crippen molar-refractivity contribution in [1.82, 2.24) is 4.57 Å². The fourth-order valence-corrected chi connectivity index (χ4v) is 11.6. The Morgan fingerprint density at radius 3 is 1.35 bits per heavy atom. The van der Waals surface area contributed by atoms with Gasteiger partial charge < -0.3 is 9.47 Å². The first-order valence-corrected chi connectivity index (χ1v) is 24.4. The quantitative estimate of drug-likeness (QED) is 0.140. The molecule has 0 amide bonds. The van der Waals surface area contributed by atoms with Crippen molar-refractivity contribution in [2.24, 2.45) is 0 Å². The molecule has 0 unspecified atom stereocenters. The number of hydrogen-bond donors (Lipinski definition) is 0. The number of hydrogen-bond acceptors (Lipinski definition) is 2. The molecule has 324 valence electrons. The first-order chi connectivity index (χ1) is 34.2. The van der Waals surface area contributed by atoms with Crippen molar-refractivity contribution in [3.8, 4) is 61.3 Å². The van der Waals surface area contributed by atoms with Crippen LogP contribution in [0.1, 0.15) is 0 Å². The maximum absolute atomic E-state index is 2.42. The van der Waals surface area contributed by atoms with Gasteiger partial charge in [-0.2, -0.15) is 0 Å². The lowest BCUT2D eigenvalue weighted by Gasteiger charge is -2.26. The summed E-state index contributed by atoms with van der Waals surface area (Å²) in [5.41, 5.74) is 18.8. The molecule has 13 rings (SSSR count). The highest BCUT2D eigenvalue weighted by molar-refractivity contribution is 7.26. The summed E-state index contributed by atoms with van der Waals surface area (Å²) < 4.78 is 5.02. The fraction of sp³-hybridized carbons (Fsp3) is 0. The first-order valence-electron chi connectivity index (χ1n) is 23.6. The number of anilines is 3. The van der Waals surface area contributed by atoms with E-state index in [-0.39, 0.29) is 0 Å². The van der Waals surface area contributed by atoms with Gasteiger partial charge in [0, 0.05) is 53.7 Å². The molecule has 0 N–H and O–H groups in total. The third kappa shape index (κ3) is 7.28. The molecule has 2 aromatic heterocycles. The molecule has 11 aromatic carbocycles. The van der Waals surface area contributed by atoms with Crippen LogP contribution in [-0.2, 0) is 0 Å². The molecule has 2 nitrogen and oxygen atoms in total. The standard InChI is InChI=1S/C66H44N2S/c1-4-16-45(17-5-1)47-30-36-54(37-31-47)67(55-38-32-48(33-39-55)46-18-6-2-7-19-46)56-40-34-49(35-41-56)50-42-51(44-52(43-50)58-25-14-26-60-59-22-11-13-29-64(59)69-66(58)60)57-24-15-28-63-65(57)61-23-10-12-27-62(61)68(63)53-20-8-3-9-21-53/h1-44H. The molecule has 0 radical (unpaired) electrons. The van der Waals surface area contributed by atoms with Crippen molar-refractivity contribution in [1.29, 1.82) is 0 Å². The maximum Gasteiger partial charge on any atom is 0.0547 e. The molecule has 0 saturated heterocycles. The molecule has 0 spiro atoms. The van der Waals surface area contributed by atoms with E-state index in [4.69, 9.17) is 0 Å². The van der Waals surface area contributed by atoms with E-state index in [0.717, 1.165) is 28.3 Å². The van der Waals surface area contributed by atoms with Crippen LogP contribution in [0, 0.1) is 0 Å². The molecule has 0 aliphatic carbocycles. The van der Waals surface area contributed by atoms with Gasteiger partial charge in [-0.25, -0.2) is 0 Å². The van der Waals surface area contributed by atoms with E-state index in [1.807, 2.05) is 11.3 Å². The average Bonchev–Trinajstić information content (AvgIpc) is 3.98. The molecule has 0 aliphatic rings. The van der Waals surface area contributed by atoms with Crippen LogP contribution in [0.3, 0.4) is 0 Å². The molecule has 0 aliphatic heterocycles. The van der Waals surface area contributed by atoms with E-state index >= 15 is 0 Å². The van der Waals surface area contributed by atoms with Gasteiger partial charge in [0.2, 0.25) is 0 Å². The number of benzene rings is 11. The lowest BCUT2D eigenvalue weighted by atomic mass is 9.91. The van der Waals surface area contributed by atoms with Crippen LogP contribution < -0.4 is 4.90 Å². The van der Waals surface area contributed by atoms with Crippen LogP contribution in [0.15, 0.2) is 267 Å². The van der Waals surface area contributed by atoms with Crippen LogP contribution in [0.2, 0.25) is 0 Å². The van der Waals surface area contributed by atoms with E-state index in [1.165, 1.54) is 92.0 Å². The topological polar surface area (TPSA) is 8.17 Å². The highest BCUT2D eigenvalue weighted by Crippen LogP contribution is 2.45. The van der Waals surface area contributed by atoms with Gasteiger partial charge in [-0.05, 0) is 141 Å². The van der Waals surface area contributed by atoms with E-state index in [9.17, 15) is 0 Å². The minimum Gasteiger partial charge on any atom is -0.311 e. The molecular weight excluding hydrogens is 853 g/mol. The minimum absolute atomic E-state index is 1.09. The summed E-state index contributed by atoms with van der Waals surface area (Å²) in [5, 5.41) is 5.09. The van der Waals surface area contributed by atoms with Gasteiger partial charge in [-0.3, -0.25) is 0 Å². The zero-order valence-electron chi connectivity index (χ0n) is 37.7. The predicted molar refractivity (Wildman–Crippen MR) is 296 cm³/mol. The lowest BCUT2D eigenvalue weighted by Crippen LogP contribution is -2.09. The normalized spacial score (nSPS) is 11.5. The Bertz CT molecular complexity index is 3880. The van der Waals surface area contributed by atoms with Crippen molar-refractivity contribution in [2.45, 2.75) is 0 Å². The second-order valence-corrected chi connectivity index (χ2v) is 18.7. The van der Waals surface area contributed by atoms with E-state index in [2.05, 4.69) is 276 Å². The summed E-state index contributed by atoms with van der Waals surface area (Å²) in [6, 6.07) is 97.4. The maximum atomic E-state index is 2.42. The Balaban J connectivity index is 0.972. The van der Waals surface area contributed by atoms with Crippen molar-refractivity contribution in [3.05, 3.63) is 267 Å². The van der Waals surface area contributed by atoms with Crippen LogP contribution in [0.25, 0.3) is 103 Å². The monoisotopic (exact) mass is 896 g/mol. The molecule has 0 fully saturated rings. The number of thiophene rings is 1. The molecular formula is C66H44N2S. The number of fused-ring (bicyclic) bond motifs is 6. The number of para-hydroxylation sites is 2. The molecule has 13 aromatic rings. The van der Waals surface area contributed by atoms with Crippen LogP contribution in [-0.4, -0.2) is 4.57 Å². The Morgan fingerprint density at radius 1 is 0.290 bits per heavy atom. The largest absolute Gasteiger partial charge is 0.311 e. The average molecular weight is 897 g/mol. The molecule has 0 bridgehead atoms. The van der Waals surface area contributed by atoms with Gasteiger partial charge in [-0.15, -0.1) is 11.3 Å². The van der Waals surface area contributed by atoms with Gasteiger partial charge >= 0.3 is 0 Å². The van der Waals surface area contributed by atoms with E-state index in [0.29, 0.717) is 0 Å². The highest BCUT2D eigenvalue weighted by atomic mass is 32.1. The van der Waals surface area contributed by atoms with Crippen LogP contribution >= 0.6 is 11.3 Å². The Kier molecular flexibility index (Phi) is 10.1. The summed E-state index contributed by atoms with van der Waals surface area (Å²) in [6.07, 6.45) is 0. The zero-order valence-corrected chi connectivity index (χ0v) is 38.5. The predicted octanol–water partition coefficient (Wildman–Crippen LogP) is 19.0. The van der Waals surface area contributed by atoms with Crippen molar-refractivity contribution >= 4 is 70.4 Å². The molecule has 3 heteroatoms. The second kappa shape index (κ2) is 17.2. The number of rotatable bonds is 9. The number of nitrogens with zero attached hydrogens (tertiary/aromatic N) is 2. The summed E-state index contributed by atoms with van der Waals surface area (Å²) in [5.74, 6) is 0. The lowest BCUT2D eigenvalue weighted by molar-refractivity contribution is 1.18. The van der Waals surface area contributed by atoms with Gasteiger partial charge in [0.15, 0.2) is 0 Å². The van der Waals surface area contributed by atoms with Crippen molar-refractivity contribution in [3.63, 3.8) is 0 Å². The van der Waals surface area contributed by atoms with Gasteiger partial charge in [-0.1, -0.05) is 182 Å². The van der Waals surface area contributed by atoms with Crippen molar-refractivity contribution in [2.75, 3.05) is 4.90 Å². The fourth-order valence-electron chi connectivity index (χ4n) is 10.3. The SMILES string of the molecule is c1ccc(-c2ccc(N(c3ccc(-c4ccccc4)cc3)c3ccc(-c4cc(-c5cccc6c5sc5ccccc56)cc(-c5cccc6c5c5ccccc5n6-c5ccccc5)c4)cc3)cc2)cc1. The molecule has 0 atom stereocenters. The van der Waals surface area contributed by atoms with Gasteiger partial charge in [0.1, 0.15) is 0 Å². The van der Waals surface area contributed by atoms with Crippen LogP contribution in [0.4, 0.5) is 17.1 Å². The second-order valence-electron chi connectivity index (χ2n) is 17.7. The van der Waals surface area contributed by atoms with E-state index in [1.54, 1.807) is 0 Å². The Labute approximate surface area is 405 Å². The molecule has 69 heavy (non-hydrogen) atoms. The third-order valence-electron chi connectivity index (χ3n) is 13.6. The third-order valence-corrected chi connectivity index (χ3v) is 14.8. The van der Waals surface area contributed by atoms with Gasteiger partial charge in [0.25, 0.3) is 0 Å². The smallest absolute Gasteiger partial charge is 0.0547 e. The number of aromatic nitrogens is 1. The summed E-state index contributed by atoms with van der Waals surface area (Å²) in [7, 11) is 0. The minimum atomic E-state index is 1.09.